The van der Waals surface area contributed by atoms with Crippen molar-refractivity contribution in [1.29, 1.82) is 0 Å². The number of ether oxygens (including phenoxy) is 1. The molecule has 2 heterocycles. The number of rotatable bonds is 3. The third kappa shape index (κ3) is 2.77. The molecule has 2 aromatic rings. The summed E-state index contributed by atoms with van der Waals surface area (Å²) in [6.07, 6.45) is 0.954. The molecule has 0 aliphatic carbocycles. The highest BCUT2D eigenvalue weighted by molar-refractivity contribution is 8.13. The standard InChI is InChI=1S/C20H22FN2O2S/c1-14-4-6-15(7-5-14)22-13-20(24,23-10-3-11-26-19(22)23)17-9-8-16(25-2)12-18(17)21/h4-9,12,24H,3,10-11,13H2,1-2H3/q+1/t20-/m0/s1. The number of halogens is 1. The maximum atomic E-state index is 14.8. The Kier molecular flexibility index (Phi) is 4.40. The highest BCUT2D eigenvalue weighted by atomic mass is 32.2. The SMILES string of the molecule is COc1ccc([C@@]2(O)CN(c3ccc(C)cc3)C3=[N+]2CCCS3)c(F)c1. The lowest BCUT2D eigenvalue weighted by Crippen LogP contribution is -2.42. The Labute approximate surface area is 156 Å². The van der Waals surface area contributed by atoms with Crippen LogP contribution in [0.15, 0.2) is 42.5 Å². The molecule has 6 heteroatoms. The minimum atomic E-state index is -1.40. The average Bonchev–Trinajstić information content (AvgIpc) is 2.96. The summed E-state index contributed by atoms with van der Waals surface area (Å²) in [5.41, 5.74) is 1.08. The first-order valence-corrected chi connectivity index (χ1v) is 9.69. The topological polar surface area (TPSA) is 35.7 Å². The van der Waals surface area contributed by atoms with E-state index in [2.05, 4.69) is 17.0 Å². The van der Waals surface area contributed by atoms with E-state index in [4.69, 9.17) is 4.74 Å². The lowest BCUT2D eigenvalue weighted by atomic mass is 10.0. The zero-order chi connectivity index (χ0) is 18.3. The lowest BCUT2D eigenvalue weighted by molar-refractivity contribution is -0.657. The highest BCUT2D eigenvalue weighted by Gasteiger charge is 2.54. The summed E-state index contributed by atoms with van der Waals surface area (Å²) in [7, 11) is 1.50. The molecule has 2 aromatic carbocycles. The second-order valence-corrected chi connectivity index (χ2v) is 7.78. The molecule has 1 atom stereocenters. The Morgan fingerprint density at radius 2 is 2.00 bits per heavy atom. The molecule has 0 bridgehead atoms. The van der Waals surface area contributed by atoms with Gasteiger partial charge in [0.2, 0.25) is 0 Å². The summed E-state index contributed by atoms with van der Waals surface area (Å²) in [6.45, 7) is 3.04. The number of aliphatic hydroxyl groups is 1. The number of thioether (sulfide) groups is 1. The smallest absolute Gasteiger partial charge is 0.316 e. The van der Waals surface area contributed by atoms with Crippen molar-refractivity contribution in [2.75, 3.05) is 30.9 Å². The van der Waals surface area contributed by atoms with Crippen LogP contribution in [0.4, 0.5) is 10.1 Å². The molecule has 0 spiro atoms. The first-order valence-electron chi connectivity index (χ1n) is 8.71. The molecule has 0 saturated heterocycles. The number of hydrogen-bond donors (Lipinski definition) is 1. The summed E-state index contributed by atoms with van der Waals surface area (Å²) in [4.78, 5) is 2.09. The van der Waals surface area contributed by atoms with Crippen LogP contribution in [0.3, 0.4) is 0 Å². The van der Waals surface area contributed by atoms with Crippen LogP contribution < -0.4 is 9.64 Å². The van der Waals surface area contributed by atoms with E-state index in [-0.39, 0.29) is 5.56 Å². The second-order valence-electron chi connectivity index (χ2n) is 6.72. The Morgan fingerprint density at radius 3 is 2.69 bits per heavy atom. The van der Waals surface area contributed by atoms with Gasteiger partial charge in [0.05, 0.1) is 19.2 Å². The van der Waals surface area contributed by atoms with Gasteiger partial charge in [-0.2, -0.15) is 0 Å². The lowest BCUT2D eigenvalue weighted by Gasteiger charge is -2.24. The normalized spacial score (nSPS) is 22.5. The molecular weight excluding hydrogens is 351 g/mol. The predicted octanol–water partition coefficient (Wildman–Crippen LogP) is 3.31. The molecule has 4 nitrogen and oxygen atoms in total. The van der Waals surface area contributed by atoms with E-state index in [9.17, 15) is 9.50 Å². The molecule has 0 aromatic heterocycles. The van der Waals surface area contributed by atoms with Crippen molar-refractivity contribution in [2.45, 2.75) is 19.1 Å². The number of benzene rings is 2. The van der Waals surface area contributed by atoms with Gasteiger partial charge in [-0.15, -0.1) is 0 Å². The zero-order valence-electron chi connectivity index (χ0n) is 14.9. The van der Waals surface area contributed by atoms with E-state index in [0.717, 1.165) is 23.0 Å². The van der Waals surface area contributed by atoms with Crippen LogP contribution in [-0.2, 0) is 5.72 Å². The van der Waals surface area contributed by atoms with E-state index in [1.165, 1.54) is 18.7 Å². The number of hydrogen-bond acceptors (Lipinski definition) is 4. The van der Waals surface area contributed by atoms with Crippen LogP contribution in [0.5, 0.6) is 5.75 Å². The van der Waals surface area contributed by atoms with Gasteiger partial charge >= 0.3 is 5.17 Å². The fraction of sp³-hybridized carbons (Fsp3) is 0.350. The quantitative estimate of drug-likeness (QED) is 0.838. The van der Waals surface area contributed by atoms with Crippen molar-refractivity contribution in [3.8, 4) is 5.75 Å². The van der Waals surface area contributed by atoms with Crippen molar-refractivity contribution >= 4 is 22.6 Å². The molecule has 0 saturated carbocycles. The Bertz CT molecular complexity index is 869. The van der Waals surface area contributed by atoms with Crippen LogP contribution in [0.2, 0.25) is 0 Å². The van der Waals surface area contributed by atoms with Gasteiger partial charge < -0.3 is 9.84 Å². The van der Waals surface area contributed by atoms with Crippen LogP contribution >= 0.6 is 11.8 Å². The fourth-order valence-corrected chi connectivity index (χ4v) is 4.78. The molecule has 0 unspecified atom stereocenters. The molecule has 4 rings (SSSR count). The van der Waals surface area contributed by atoms with Gasteiger partial charge in [0.25, 0.3) is 5.72 Å². The molecule has 0 radical (unpaired) electrons. The van der Waals surface area contributed by atoms with Gasteiger partial charge in [-0.05, 0) is 49.4 Å². The van der Waals surface area contributed by atoms with Crippen molar-refractivity contribution < 1.29 is 18.8 Å². The molecule has 2 aliphatic heterocycles. The van der Waals surface area contributed by atoms with Crippen molar-refractivity contribution in [3.05, 3.63) is 59.4 Å². The molecule has 0 amide bonds. The minimum Gasteiger partial charge on any atom is -0.497 e. The van der Waals surface area contributed by atoms with Gasteiger partial charge in [0.15, 0.2) is 6.54 Å². The van der Waals surface area contributed by atoms with E-state index >= 15 is 0 Å². The number of anilines is 1. The van der Waals surface area contributed by atoms with E-state index < -0.39 is 11.5 Å². The third-order valence-corrected chi connectivity index (χ3v) is 6.19. The molecule has 2 aliphatic rings. The van der Waals surface area contributed by atoms with Crippen LogP contribution in [0.25, 0.3) is 0 Å². The number of nitrogens with zero attached hydrogens (tertiary/aromatic N) is 2. The fourth-order valence-electron chi connectivity index (χ4n) is 3.60. The predicted molar refractivity (Wildman–Crippen MR) is 103 cm³/mol. The molecule has 0 fully saturated rings. The van der Waals surface area contributed by atoms with Crippen molar-refractivity contribution in [3.63, 3.8) is 0 Å². The van der Waals surface area contributed by atoms with Gasteiger partial charge in [0.1, 0.15) is 17.3 Å². The van der Waals surface area contributed by atoms with Gasteiger partial charge in [-0.1, -0.05) is 17.7 Å². The number of methoxy groups -OCH3 is 1. The van der Waals surface area contributed by atoms with E-state index in [1.54, 1.807) is 23.9 Å². The van der Waals surface area contributed by atoms with Crippen LogP contribution in [-0.4, -0.2) is 40.8 Å². The van der Waals surface area contributed by atoms with Gasteiger partial charge in [0, 0.05) is 11.8 Å². The minimum absolute atomic E-state index is 0.285. The molecular formula is C20H22FN2O2S+. The first kappa shape index (κ1) is 17.4. The molecule has 1 N–H and O–H groups in total. The van der Waals surface area contributed by atoms with Gasteiger partial charge in [-0.25, -0.2) is 13.9 Å². The summed E-state index contributed by atoms with van der Waals surface area (Å²) in [5, 5.41) is 12.5. The van der Waals surface area contributed by atoms with E-state index in [0.29, 0.717) is 18.8 Å². The maximum Gasteiger partial charge on any atom is 0.316 e. The first-order chi connectivity index (χ1) is 12.5. The maximum absolute atomic E-state index is 14.8. The monoisotopic (exact) mass is 373 g/mol. The van der Waals surface area contributed by atoms with Crippen LogP contribution in [0, 0.1) is 12.7 Å². The Morgan fingerprint density at radius 1 is 1.23 bits per heavy atom. The summed E-state index contributed by atoms with van der Waals surface area (Å²) < 4.78 is 21.8. The van der Waals surface area contributed by atoms with Crippen molar-refractivity contribution in [1.82, 2.24) is 0 Å². The highest BCUT2D eigenvalue weighted by Crippen LogP contribution is 2.39. The van der Waals surface area contributed by atoms with Gasteiger partial charge in [-0.3, -0.25) is 0 Å². The number of amidine groups is 1. The Balaban J connectivity index is 1.80. The van der Waals surface area contributed by atoms with Crippen molar-refractivity contribution in [2.24, 2.45) is 0 Å². The average molecular weight is 373 g/mol. The molecule has 26 heavy (non-hydrogen) atoms. The Hall–Kier alpha value is -2.05. The van der Waals surface area contributed by atoms with E-state index in [1.807, 2.05) is 23.6 Å². The largest absolute Gasteiger partial charge is 0.497 e. The number of β-amino-alcohol motifs (C(OH)–C–C–N with tert-alkyl or cyclic N) is 1. The second kappa shape index (κ2) is 6.59. The number of aryl methyl sites for hydroxylation is 1. The van der Waals surface area contributed by atoms with Crippen LogP contribution in [0.1, 0.15) is 17.5 Å². The summed E-state index contributed by atoms with van der Waals surface area (Å²) >= 11 is 1.71. The molecule has 136 valence electrons. The summed E-state index contributed by atoms with van der Waals surface area (Å²) in [6, 6.07) is 12.9. The zero-order valence-corrected chi connectivity index (χ0v) is 15.7. The summed E-state index contributed by atoms with van der Waals surface area (Å²) in [5.74, 6) is 0.989. The third-order valence-electron chi connectivity index (χ3n) is 5.00.